The number of hydrogen-bond acceptors (Lipinski definition) is 6. The summed E-state index contributed by atoms with van der Waals surface area (Å²) in [5.74, 6) is -0.0926. The summed E-state index contributed by atoms with van der Waals surface area (Å²) in [5, 5.41) is 13.5. The van der Waals surface area contributed by atoms with Crippen molar-refractivity contribution in [3.63, 3.8) is 0 Å². The predicted octanol–water partition coefficient (Wildman–Crippen LogP) is 2.71. The van der Waals surface area contributed by atoms with Crippen molar-refractivity contribution in [1.29, 1.82) is 0 Å². The summed E-state index contributed by atoms with van der Waals surface area (Å²) in [6.07, 6.45) is 0.219. The van der Waals surface area contributed by atoms with Gasteiger partial charge < -0.3 is 10.1 Å². The molecule has 0 heterocycles. The molecule has 28 heavy (non-hydrogen) atoms. The van der Waals surface area contributed by atoms with Crippen LogP contribution in [0.3, 0.4) is 0 Å². The topological polar surface area (TPSA) is 119 Å². The van der Waals surface area contributed by atoms with Gasteiger partial charge in [-0.2, -0.15) is 0 Å². The number of anilines is 2. The minimum Gasteiger partial charge on any atom is -0.481 e. The number of sulfonamides is 1. The van der Waals surface area contributed by atoms with Crippen LogP contribution in [0.2, 0.25) is 0 Å². The number of nitro groups is 1. The number of aryl methyl sites for hydroxylation is 1. The molecule has 0 fully saturated rings. The van der Waals surface area contributed by atoms with E-state index >= 15 is 0 Å². The van der Waals surface area contributed by atoms with Gasteiger partial charge in [-0.25, -0.2) is 8.42 Å². The minimum atomic E-state index is -3.37. The zero-order chi connectivity index (χ0) is 21.1. The fourth-order valence-corrected chi connectivity index (χ4v) is 2.78. The van der Waals surface area contributed by atoms with E-state index in [0.717, 1.165) is 10.6 Å². The maximum Gasteiger partial charge on any atom is 0.271 e. The summed E-state index contributed by atoms with van der Waals surface area (Å²) in [5.41, 5.74) is 1.35. The molecule has 2 rings (SSSR count). The van der Waals surface area contributed by atoms with Gasteiger partial charge in [0.15, 0.2) is 6.10 Å². The number of nitrogens with one attached hydrogen (secondary N) is 1. The normalized spacial score (nSPS) is 12.1. The van der Waals surface area contributed by atoms with Crippen LogP contribution in [0.4, 0.5) is 17.1 Å². The molecule has 10 heteroatoms. The zero-order valence-electron chi connectivity index (χ0n) is 15.9. The lowest BCUT2D eigenvalue weighted by Gasteiger charge is -2.18. The van der Waals surface area contributed by atoms with Gasteiger partial charge in [-0.05, 0) is 43.7 Å². The van der Waals surface area contributed by atoms with Gasteiger partial charge in [0.1, 0.15) is 5.75 Å². The molecule has 0 aromatic heterocycles. The molecule has 0 radical (unpaired) electrons. The van der Waals surface area contributed by atoms with Gasteiger partial charge in [0, 0.05) is 19.2 Å². The number of amides is 1. The zero-order valence-corrected chi connectivity index (χ0v) is 16.7. The molecule has 1 atom stereocenters. The highest BCUT2D eigenvalue weighted by atomic mass is 32.2. The molecule has 0 aliphatic carbocycles. The average molecular weight is 407 g/mol. The van der Waals surface area contributed by atoms with Crippen LogP contribution < -0.4 is 14.4 Å². The Bertz CT molecular complexity index is 989. The molecule has 0 saturated heterocycles. The van der Waals surface area contributed by atoms with Gasteiger partial charge in [-0.3, -0.25) is 19.2 Å². The maximum atomic E-state index is 12.4. The molecular weight excluding hydrogens is 386 g/mol. The van der Waals surface area contributed by atoms with E-state index in [9.17, 15) is 23.3 Å². The number of nitro benzene ring substituents is 1. The van der Waals surface area contributed by atoms with Crippen molar-refractivity contribution in [1.82, 2.24) is 0 Å². The highest BCUT2D eigenvalue weighted by Crippen LogP contribution is 2.23. The summed E-state index contributed by atoms with van der Waals surface area (Å²) in [6, 6.07) is 10.4. The SMILES string of the molecule is Cc1ccc([N+](=O)[O-])cc1NC(=O)[C@H](C)Oc1ccc(N(C)S(C)(=O)=O)cc1. The Morgan fingerprint density at radius 2 is 1.82 bits per heavy atom. The van der Waals surface area contributed by atoms with Gasteiger partial charge in [-0.1, -0.05) is 6.07 Å². The molecule has 150 valence electrons. The molecule has 0 bridgehead atoms. The fraction of sp³-hybridized carbons (Fsp3) is 0.278. The van der Waals surface area contributed by atoms with Crippen molar-refractivity contribution >= 4 is 33.0 Å². The van der Waals surface area contributed by atoms with Crippen LogP contribution in [0.25, 0.3) is 0 Å². The van der Waals surface area contributed by atoms with E-state index in [1.807, 2.05) is 0 Å². The van der Waals surface area contributed by atoms with Crippen molar-refractivity contribution in [3.05, 3.63) is 58.1 Å². The third-order valence-electron chi connectivity index (χ3n) is 4.07. The van der Waals surface area contributed by atoms with Crippen LogP contribution in [-0.2, 0) is 14.8 Å². The van der Waals surface area contributed by atoms with Gasteiger partial charge in [0.2, 0.25) is 10.0 Å². The van der Waals surface area contributed by atoms with Crippen LogP contribution in [0, 0.1) is 17.0 Å². The summed E-state index contributed by atoms with van der Waals surface area (Å²) in [4.78, 5) is 22.7. The quantitative estimate of drug-likeness (QED) is 0.557. The van der Waals surface area contributed by atoms with Crippen molar-refractivity contribution < 1.29 is 22.9 Å². The van der Waals surface area contributed by atoms with E-state index in [4.69, 9.17) is 4.74 Å². The highest BCUT2D eigenvalue weighted by Gasteiger charge is 2.18. The van der Waals surface area contributed by atoms with Crippen molar-refractivity contribution in [2.75, 3.05) is 22.9 Å². The van der Waals surface area contributed by atoms with E-state index in [2.05, 4.69) is 5.32 Å². The Balaban J connectivity index is 2.07. The molecular formula is C18H21N3O6S. The molecule has 0 aliphatic heterocycles. The standard InChI is InChI=1S/C18H21N3O6S/c1-12-5-6-15(21(23)24)11-17(12)19-18(22)13(2)27-16-9-7-14(8-10-16)20(3)28(4,25)26/h5-11,13H,1-4H3,(H,19,22)/t13-/m0/s1. The first kappa shape index (κ1) is 21.2. The van der Waals surface area contributed by atoms with E-state index in [1.54, 1.807) is 44.2 Å². The number of hydrogen-bond donors (Lipinski definition) is 1. The average Bonchev–Trinajstić information content (AvgIpc) is 2.62. The summed E-state index contributed by atoms with van der Waals surface area (Å²) in [6.45, 7) is 3.26. The maximum absolute atomic E-state index is 12.4. The third-order valence-corrected chi connectivity index (χ3v) is 5.28. The highest BCUT2D eigenvalue weighted by molar-refractivity contribution is 7.92. The van der Waals surface area contributed by atoms with Crippen molar-refractivity contribution in [2.45, 2.75) is 20.0 Å². The number of nitrogens with zero attached hydrogens (tertiary/aromatic N) is 2. The number of benzene rings is 2. The molecule has 1 N–H and O–H groups in total. The summed E-state index contributed by atoms with van der Waals surface area (Å²) >= 11 is 0. The van der Waals surface area contributed by atoms with E-state index < -0.39 is 27.0 Å². The largest absolute Gasteiger partial charge is 0.481 e. The van der Waals surface area contributed by atoms with Crippen molar-refractivity contribution in [2.24, 2.45) is 0 Å². The first-order chi connectivity index (χ1) is 13.0. The van der Waals surface area contributed by atoms with Gasteiger partial charge in [0.25, 0.3) is 11.6 Å². The minimum absolute atomic E-state index is 0.125. The van der Waals surface area contributed by atoms with Crippen LogP contribution >= 0.6 is 0 Å². The number of carbonyl (C=O) groups is 1. The van der Waals surface area contributed by atoms with E-state index in [1.165, 1.54) is 19.2 Å². The number of non-ortho nitro benzene ring substituents is 1. The Morgan fingerprint density at radius 1 is 1.21 bits per heavy atom. The summed E-state index contributed by atoms with van der Waals surface area (Å²) < 4.78 is 29.8. The second-order valence-corrected chi connectivity index (χ2v) is 8.24. The van der Waals surface area contributed by atoms with Crippen molar-refractivity contribution in [3.8, 4) is 5.75 Å². The molecule has 2 aromatic carbocycles. The van der Waals surface area contributed by atoms with E-state index in [-0.39, 0.29) is 5.69 Å². The fourth-order valence-electron chi connectivity index (χ4n) is 2.28. The first-order valence-corrected chi connectivity index (χ1v) is 10.1. The first-order valence-electron chi connectivity index (χ1n) is 8.25. The lowest BCUT2D eigenvalue weighted by molar-refractivity contribution is -0.384. The lowest BCUT2D eigenvalue weighted by atomic mass is 10.1. The Labute approximate surface area is 163 Å². The van der Waals surface area contributed by atoms with Crippen LogP contribution in [0.5, 0.6) is 5.75 Å². The third kappa shape index (κ3) is 5.19. The second kappa shape index (κ2) is 8.26. The van der Waals surface area contributed by atoms with Gasteiger partial charge in [-0.15, -0.1) is 0 Å². The van der Waals surface area contributed by atoms with Gasteiger partial charge >= 0.3 is 0 Å². The molecule has 0 spiro atoms. The Morgan fingerprint density at radius 3 is 2.36 bits per heavy atom. The van der Waals surface area contributed by atoms with Crippen LogP contribution in [0.15, 0.2) is 42.5 Å². The molecule has 1 amide bonds. The van der Waals surface area contributed by atoms with Crippen LogP contribution in [-0.4, -0.2) is 38.7 Å². The number of carbonyl (C=O) groups excluding carboxylic acids is 1. The Hall–Kier alpha value is -3.14. The molecule has 0 aliphatic rings. The molecule has 9 nitrogen and oxygen atoms in total. The smallest absolute Gasteiger partial charge is 0.271 e. The van der Waals surface area contributed by atoms with E-state index in [0.29, 0.717) is 22.7 Å². The summed E-state index contributed by atoms with van der Waals surface area (Å²) in [7, 11) is -1.94. The monoisotopic (exact) mass is 407 g/mol. The molecule has 0 unspecified atom stereocenters. The predicted molar refractivity (Wildman–Crippen MR) is 106 cm³/mol. The van der Waals surface area contributed by atoms with Crippen LogP contribution in [0.1, 0.15) is 12.5 Å². The number of ether oxygens (including phenoxy) is 1. The lowest BCUT2D eigenvalue weighted by Crippen LogP contribution is -2.30. The second-order valence-electron chi connectivity index (χ2n) is 6.23. The molecule has 0 saturated carbocycles. The van der Waals surface area contributed by atoms with Gasteiger partial charge in [0.05, 0.1) is 22.6 Å². The molecule has 2 aromatic rings. The Kier molecular flexibility index (Phi) is 6.24. The number of rotatable bonds is 7.